The Balaban J connectivity index is 1.68. The lowest BCUT2D eigenvalue weighted by atomic mass is 10.1. The summed E-state index contributed by atoms with van der Waals surface area (Å²) in [6, 6.07) is 12.3. The van der Waals surface area contributed by atoms with Crippen molar-refractivity contribution < 1.29 is 24.2 Å². The van der Waals surface area contributed by atoms with Gasteiger partial charge in [0.1, 0.15) is 18.4 Å². The number of benzene rings is 2. The minimum Gasteiger partial charge on any atom is -0.489 e. The third kappa shape index (κ3) is 6.32. The molecule has 176 valence electrons. The number of aliphatic carboxylic acids is 1. The van der Waals surface area contributed by atoms with Crippen LogP contribution in [-0.2, 0) is 29.3 Å². The number of nitrogens with zero attached hydrogens (tertiary/aromatic N) is 1. The van der Waals surface area contributed by atoms with Gasteiger partial charge >= 0.3 is 5.97 Å². The summed E-state index contributed by atoms with van der Waals surface area (Å²) >= 11 is 0. The molecule has 0 saturated heterocycles. The number of ether oxygens (including phenoxy) is 1. The van der Waals surface area contributed by atoms with Gasteiger partial charge in [-0.2, -0.15) is 0 Å². The van der Waals surface area contributed by atoms with Crippen molar-refractivity contribution in [2.75, 3.05) is 0 Å². The molecule has 3 rings (SSSR count). The summed E-state index contributed by atoms with van der Waals surface area (Å²) in [6.07, 6.45) is -0.282. The summed E-state index contributed by atoms with van der Waals surface area (Å²) < 4.78 is 6.02. The van der Waals surface area contributed by atoms with Gasteiger partial charge in [-0.25, -0.2) is 0 Å². The van der Waals surface area contributed by atoms with E-state index in [4.69, 9.17) is 15.6 Å². The van der Waals surface area contributed by atoms with Crippen molar-refractivity contribution in [3.63, 3.8) is 0 Å². The van der Waals surface area contributed by atoms with Crippen molar-refractivity contribution in [1.29, 1.82) is 0 Å². The van der Waals surface area contributed by atoms with Crippen LogP contribution in [0, 0.1) is 0 Å². The van der Waals surface area contributed by atoms with Gasteiger partial charge in [0.2, 0.25) is 5.91 Å². The standard InChI is InChI=1S/C25H31N3O5/c1-25(2,3)27-13-16-7-9-17(10-8-16)15-33-21-6-4-5-18-19(21)14-28(24(18)32)20(23(26)31)11-12-22(29)30/h4-10,20,27H,11-15H2,1-3H3,(H2,26,31)(H,29,30). The van der Waals surface area contributed by atoms with E-state index >= 15 is 0 Å². The molecule has 8 heteroatoms. The molecule has 0 aliphatic carbocycles. The predicted molar refractivity (Wildman–Crippen MR) is 124 cm³/mol. The topological polar surface area (TPSA) is 122 Å². The summed E-state index contributed by atoms with van der Waals surface area (Å²) in [5.41, 5.74) is 8.80. The zero-order valence-electron chi connectivity index (χ0n) is 19.3. The lowest BCUT2D eigenvalue weighted by molar-refractivity contribution is -0.137. The molecule has 8 nitrogen and oxygen atoms in total. The third-order valence-corrected chi connectivity index (χ3v) is 5.53. The van der Waals surface area contributed by atoms with Gasteiger partial charge < -0.3 is 25.8 Å². The number of carboxylic acid groups (broad SMARTS) is 1. The normalized spacial score (nSPS) is 14.2. The number of carbonyl (C=O) groups excluding carboxylic acids is 2. The maximum Gasteiger partial charge on any atom is 0.303 e. The number of hydrogen-bond donors (Lipinski definition) is 3. The Morgan fingerprint density at radius 2 is 1.82 bits per heavy atom. The highest BCUT2D eigenvalue weighted by molar-refractivity contribution is 6.01. The van der Waals surface area contributed by atoms with Crippen LogP contribution in [0.3, 0.4) is 0 Å². The SMILES string of the molecule is CC(C)(C)NCc1ccc(COc2cccc3c2CN(C(CCC(=O)O)C(N)=O)C3=O)cc1. The van der Waals surface area contributed by atoms with Crippen LogP contribution in [0.5, 0.6) is 5.75 Å². The highest BCUT2D eigenvalue weighted by Gasteiger charge is 2.37. The first-order chi connectivity index (χ1) is 15.5. The number of fused-ring (bicyclic) bond motifs is 1. The number of rotatable bonds is 10. The zero-order valence-corrected chi connectivity index (χ0v) is 19.3. The molecule has 0 saturated carbocycles. The fraction of sp³-hybridized carbons (Fsp3) is 0.400. The van der Waals surface area contributed by atoms with E-state index in [9.17, 15) is 14.4 Å². The van der Waals surface area contributed by atoms with E-state index in [0.29, 0.717) is 23.5 Å². The molecule has 4 N–H and O–H groups in total. The third-order valence-electron chi connectivity index (χ3n) is 5.53. The highest BCUT2D eigenvalue weighted by Crippen LogP contribution is 2.33. The largest absolute Gasteiger partial charge is 0.489 e. The monoisotopic (exact) mass is 453 g/mol. The van der Waals surface area contributed by atoms with Crippen LogP contribution in [0.15, 0.2) is 42.5 Å². The highest BCUT2D eigenvalue weighted by atomic mass is 16.5. The number of carbonyl (C=O) groups is 3. The quantitative estimate of drug-likeness (QED) is 0.509. The van der Waals surface area contributed by atoms with Gasteiger partial charge in [-0.15, -0.1) is 0 Å². The second-order valence-electron chi connectivity index (χ2n) is 9.27. The molecule has 2 amide bonds. The molecular weight excluding hydrogens is 422 g/mol. The summed E-state index contributed by atoms with van der Waals surface area (Å²) in [4.78, 5) is 37.1. The van der Waals surface area contributed by atoms with Gasteiger partial charge in [-0.1, -0.05) is 30.3 Å². The molecule has 0 fully saturated rings. The molecule has 0 aromatic heterocycles. The van der Waals surface area contributed by atoms with Crippen LogP contribution < -0.4 is 15.8 Å². The van der Waals surface area contributed by atoms with Crippen molar-refractivity contribution in [2.45, 2.75) is 64.9 Å². The molecule has 1 aliphatic heterocycles. The number of hydrogen-bond acceptors (Lipinski definition) is 5. The molecule has 1 heterocycles. The van der Waals surface area contributed by atoms with Gasteiger partial charge in [-0.3, -0.25) is 14.4 Å². The first-order valence-electron chi connectivity index (χ1n) is 10.9. The first-order valence-corrected chi connectivity index (χ1v) is 10.9. The van der Waals surface area contributed by atoms with Gasteiger partial charge in [0.25, 0.3) is 5.91 Å². The van der Waals surface area contributed by atoms with Crippen molar-refractivity contribution in [3.05, 3.63) is 64.7 Å². The van der Waals surface area contributed by atoms with E-state index in [2.05, 4.69) is 38.2 Å². The Kier molecular flexibility index (Phi) is 7.38. The van der Waals surface area contributed by atoms with Crippen LogP contribution in [0.2, 0.25) is 0 Å². The van der Waals surface area contributed by atoms with Crippen molar-refractivity contribution >= 4 is 17.8 Å². The van der Waals surface area contributed by atoms with Crippen LogP contribution in [0.4, 0.5) is 0 Å². The Morgan fingerprint density at radius 1 is 1.15 bits per heavy atom. The van der Waals surface area contributed by atoms with E-state index in [1.54, 1.807) is 18.2 Å². The van der Waals surface area contributed by atoms with E-state index in [1.807, 2.05) is 12.1 Å². The minimum atomic E-state index is -1.05. The van der Waals surface area contributed by atoms with Crippen LogP contribution in [0.25, 0.3) is 0 Å². The second-order valence-corrected chi connectivity index (χ2v) is 9.27. The zero-order chi connectivity index (χ0) is 24.2. The fourth-order valence-electron chi connectivity index (χ4n) is 3.71. The number of carboxylic acids is 1. The van der Waals surface area contributed by atoms with Gasteiger partial charge in [0.15, 0.2) is 0 Å². The van der Waals surface area contributed by atoms with E-state index < -0.39 is 17.9 Å². The Morgan fingerprint density at radius 3 is 2.42 bits per heavy atom. The van der Waals surface area contributed by atoms with Crippen molar-refractivity contribution in [1.82, 2.24) is 10.2 Å². The second kappa shape index (κ2) is 10.0. The van der Waals surface area contributed by atoms with Crippen LogP contribution >= 0.6 is 0 Å². The predicted octanol–water partition coefficient (Wildman–Crippen LogP) is 2.83. The van der Waals surface area contributed by atoms with Gasteiger partial charge in [0, 0.05) is 29.6 Å². The molecule has 2 aromatic carbocycles. The Labute approximate surface area is 193 Å². The smallest absolute Gasteiger partial charge is 0.303 e. The van der Waals surface area contributed by atoms with Gasteiger partial charge in [-0.05, 0) is 50.5 Å². The fourth-order valence-corrected chi connectivity index (χ4v) is 3.71. The molecule has 0 spiro atoms. The Hall–Kier alpha value is -3.39. The van der Waals surface area contributed by atoms with E-state index in [-0.39, 0.29) is 30.8 Å². The summed E-state index contributed by atoms with van der Waals surface area (Å²) in [6.45, 7) is 7.62. The number of nitrogens with one attached hydrogen (secondary N) is 1. The molecule has 1 unspecified atom stereocenters. The molecule has 0 radical (unpaired) electrons. The lowest BCUT2D eigenvalue weighted by Gasteiger charge is -2.24. The number of primary amides is 1. The average Bonchev–Trinajstić information content (AvgIpc) is 3.08. The van der Waals surface area contributed by atoms with Crippen molar-refractivity contribution in [3.8, 4) is 5.75 Å². The molecule has 1 atom stereocenters. The lowest BCUT2D eigenvalue weighted by Crippen LogP contribution is -2.45. The average molecular weight is 454 g/mol. The van der Waals surface area contributed by atoms with Crippen molar-refractivity contribution in [2.24, 2.45) is 5.73 Å². The van der Waals surface area contributed by atoms with E-state index in [1.165, 1.54) is 10.5 Å². The maximum atomic E-state index is 12.9. The number of amides is 2. The van der Waals surface area contributed by atoms with Crippen LogP contribution in [-0.4, -0.2) is 39.4 Å². The molecular formula is C25H31N3O5. The van der Waals surface area contributed by atoms with E-state index in [0.717, 1.165) is 12.1 Å². The number of nitrogens with two attached hydrogens (primary N) is 1. The summed E-state index contributed by atoms with van der Waals surface area (Å²) in [5.74, 6) is -1.56. The minimum absolute atomic E-state index is 0.0307. The summed E-state index contributed by atoms with van der Waals surface area (Å²) in [7, 11) is 0. The van der Waals surface area contributed by atoms with Crippen LogP contribution in [0.1, 0.15) is 60.7 Å². The molecule has 33 heavy (non-hydrogen) atoms. The molecule has 0 bridgehead atoms. The molecule has 1 aliphatic rings. The summed E-state index contributed by atoms with van der Waals surface area (Å²) in [5, 5.41) is 12.4. The van der Waals surface area contributed by atoms with Gasteiger partial charge in [0.05, 0.1) is 6.54 Å². The molecule has 2 aromatic rings. The first kappa shape index (κ1) is 24.3. The Bertz CT molecular complexity index is 1030. The maximum absolute atomic E-state index is 12.9.